The van der Waals surface area contributed by atoms with Crippen LogP contribution >= 0.6 is 0 Å². The second-order valence-corrected chi connectivity index (χ2v) is 8.82. The fourth-order valence-electron chi connectivity index (χ4n) is 4.11. The standard InChI is InChI=1S/C27H24.C7H8/c1-21-7-5-12-26-20-24(17-18-27(21)26)11-6-10-22-13-15-25(16-14-22)19-23-8-3-2-4-9-23;1-7-5-3-2-4-6-7/h2-18H,19-20H2,1H3;2-6H,1H3/b10-6+,24-11-;. The van der Waals surface area contributed by atoms with Crippen LogP contribution in [0, 0.1) is 13.8 Å². The van der Waals surface area contributed by atoms with Gasteiger partial charge in [0, 0.05) is 0 Å². The molecular formula is C34H32. The Labute approximate surface area is 204 Å². The van der Waals surface area contributed by atoms with E-state index in [-0.39, 0.29) is 0 Å². The molecule has 0 aromatic heterocycles. The maximum absolute atomic E-state index is 2.24. The lowest BCUT2D eigenvalue weighted by atomic mass is 9.91. The molecule has 34 heavy (non-hydrogen) atoms. The number of hydrogen-bond acceptors (Lipinski definition) is 0. The Morgan fingerprint density at radius 2 is 1.32 bits per heavy atom. The fraction of sp³-hybridized carbons (Fsp3) is 0.118. The van der Waals surface area contributed by atoms with Crippen LogP contribution in [0.4, 0.5) is 0 Å². The molecule has 0 aliphatic heterocycles. The summed E-state index contributed by atoms with van der Waals surface area (Å²) < 4.78 is 0. The minimum atomic E-state index is 0.985. The number of hydrogen-bond donors (Lipinski definition) is 0. The summed E-state index contributed by atoms with van der Waals surface area (Å²) in [4.78, 5) is 0. The molecule has 0 heteroatoms. The summed E-state index contributed by atoms with van der Waals surface area (Å²) in [6.45, 7) is 4.26. The number of allylic oxidation sites excluding steroid dienone is 4. The molecule has 4 aromatic rings. The lowest BCUT2D eigenvalue weighted by Crippen LogP contribution is -1.98. The van der Waals surface area contributed by atoms with E-state index in [0.717, 1.165) is 12.8 Å². The summed E-state index contributed by atoms with van der Waals surface area (Å²) in [5.74, 6) is 0. The zero-order valence-electron chi connectivity index (χ0n) is 20.1. The molecule has 0 saturated carbocycles. The van der Waals surface area contributed by atoms with E-state index < -0.39 is 0 Å². The lowest BCUT2D eigenvalue weighted by Gasteiger charge is -2.14. The van der Waals surface area contributed by atoms with Gasteiger partial charge in [-0.25, -0.2) is 0 Å². The van der Waals surface area contributed by atoms with Crippen LogP contribution in [0.5, 0.6) is 0 Å². The largest absolute Gasteiger partial charge is 0.0622 e. The van der Waals surface area contributed by atoms with Crippen LogP contribution in [0.15, 0.2) is 127 Å². The fourth-order valence-corrected chi connectivity index (χ4v) is 4.11. The Morgan fingerprint density at radius 3 is 2.00 bits per heavy atom. The van der Waals surface area contributed by atoms with Crippen molar-refractivity contribution < 1.29 is 0 Å². The molecule has 0 fully saturated rings. The average Bonchev–Trinajstić information content (AvgIpc) is 2.87. The molecule has 1 aliphatic carbocycles. The molecular weight excluding hydrogens is 408 g/mol. The number of aryl methyl sites for hydroxylation is 2. The summed E-state index contributed by atoms with van der Waals surface area (Å²) in [7, 11) is 0. The zero-order chi connectivity index (χ0) is 23.6. The average molecular weight is 441 g/mol. The normalized spacial score (nSPS) is 13.4. The summed E-state index contributed by atoms with van der Waals surface area (Å²) in [6.07, 6.45) is 13.0. The van der Waals surface area contributed by atoms with Crippen molar-refractivity contribution in [2.75, 3.05) is 0 Å². The van der Waals surface area contributed by atoms with Gasteiger partial charge in [-0.3, -0.25) is 0 Å². The second-order valence-electron chi connectivity index (χ2n) is 8.82. The van der Waals surface area contributed by atoms with E-state index in [4.69, 9.17) is 0 Å². The van der Waals surface area contributed by atoms with E-state index >= 15 is 0 Å². The molecule has 0 radical (unpaired) electrons. The van der Waals surface area contributed by atoms with Crippen LogP contribution in [0.1, 0.15) is 38.9 Å². The molecule has 0 heterocycles. The zero-order valence-corrected chi connectivity index (χ0v) is 20.1. The number of rotatable bonds is 4. The molecule has 0 saturated heterocycles. The van der Waals surface area contributed by atoms with E-state index in [2.05, 4.69) is 129 Å². The van der Waals surface area contributed by atoms with Crippen LogP contribution in [0.3, 0.4) is 0 Å². The first-order chi connectivity index (χ1) is 16.7. The summed E-state index contributed by atoms with van der Waals surface area (Å²) in [5.41, 5.74) is 10.8. The summed E-state index contributed by atoms with van der Waals surface area (Å²) in [6, 6.07) is 36.3. The van der Waals surface area contributed by atoms with E-state index in [1.165, 1.54) is 44.5 Å². The molecule has 0 spiro atoms. The highest BCUT2D eigenvalue weighted by Crippen LogP contribution is 2.25. The molecule has 4 aromatic carbocycles. The minimum Gasteiger partial charge on any atom is -0.0622 e. The van der Waals surface area contributed by atoms with Gasteiger partial charge in [-0.15, -0.1) is 0 Å². The molecule has 168 valence electrons. The smallest absolute Gasteiger partial charge is 0.00197 e. The first-order valence-electron chi connectivity index (χ1n) is 12.0. The molecule has 0 N–H and O–H groups in total. The highest BCUT2D eigenvalue weighted by molar-refractivity contribution is 5.65. The second kappa shape index (κ2) is 11.8. The number of fused-ring (bicyclic) bond motifs is 1. The van der Waals surface area contributed by atoms with E-state index in [9.17, 15) is 0 Å². The summed E-state index contributed by atoms with van der Waals surface area (Å²) >= 11 is 0. The van der Waals surface area contributed by atoms with Crippen molar-refractivity contribution in [1.82, 2.24) is 0 Å². The number of benzene rings is 4. The molecule has 0 nitrogen and oxygen atoms in total. The Morgan fingerprint density at radius 1 is 0.647 bits per heavy atom. The van der Waals surface area contributed by atoms with Crippen molar-refractivity contribution in [1.29, 1.82) is 0 Å². The van der Waals surface area contributed by atoms with Crippen molar-refractivity contribution >= 4 is 12.2 Å². The lowest BCUT2D eigenvalue weighted by molar-refractivity contribution is 1.16. The first kappa shape index (κ1) is 23.3. The third-order valence-corrected chi connectivity index (χ3v) is 6.04. The Hall–Kier alpha value is -3.90. The van der Waals surface area contributed by atoms with Crippen LogP contribution in [-0.4, -0.2) is 0 Å². The quantitative estimate of drug-likeness (QED) is 0.297. The third kappa shape index (κ3) is 6.80. The van der Waals surface area contributed by atoms with Crippen molar-refractivity contribution in [3.63, 3.8) is 0 Å². The Bertz CT molecular complexity index is 1270. The highest BCUT2D eigenvalue weighted by Gasteiger charge is 2.08. The van der Waals surface area contributed by atoms with Gasteiger partial charge < -0.3 is 0 Å². The Balaban J connectivity index is 0.000000336. The van der Waals surface area contributed by atoms with Gasteiger partial charge in [0.1, 0.15) is 0 Å². The van der Waals surface area contributed by atoms with Crippen molar-refractivity contribution in [3.8, 4) is 0 Å². The summed E-state index contributed by atoms with van der Waals surface area (Å²) in [5, 5.41) is 0. The molecule has 1 aliphatic rings. The maximum Gasteiger partial charge on any atom is -0.00197 e. The van der Waals surface area contributed by atoms with Gasteiger partial charge in [-0.05, 0) is 65.6 Å². The molecule has 0 bridgehead atoms. The van der Waals surface area contributed by atoms with Gasteiger partial charge >= 0.3 is 0 Å². The highest BCUT2D eigenvalue weighted by atomic mass is 14.1. The molecule has 0 atom stereocenters. The van der Waals surface area contributed by atoms with Crippen molar-refractivity contribution in [2.45, 2.75) is 26.7 Å². The van der Waals surface area contributed by atoms with Gasteiger partial charge in [0.2, 0.25) is 0 Å². The molecule has 5 rings (SSSR count). The SMILES string of the molecule is Cc1cccc2c1C=C/C(=C/C=C/c1ccc(Cc3ccccc3)cc1)C2.Cc1ccccc1. The third-order valence-electron chi connectivity index (χ3n) is 6.04. The van der Waals surface area contributed by atoms with Gasteiger partial charge in [0.15, 0.2) is 0 Å². The Kier molecular flexibility index (Phi) is 8.08. The van der Waals surface area contributed by atoms with Crippen LogP contribution in [0.2, 0.25) is 0 Å². The molecule has 0 amide bonds. The predicted octanol–water partition coefficient (Wildman–Crippen LogP) is 8.79. The minimum absolute atomic E-state index is 0.985. The van der Waals surface area contributed by atoms with E-state index in [1.807, 2.05) is 18.2 Å². The predicted molar refractivity (Wildman–Crippen MR) is 148 cm³/mol. The van der Waals surface area contributed by atoms with Gasteiger partial charge in [-0.2, -0.15) is 0 Å². The monoisotopic (exact) mass is 440 g/mol. The van der Waals surface area contributed by atoms with Crippen LogP contribution < -0.4 is 0 Å². The molecule has 0 unspecified atom stereocenters. The maximum atomic E-state index is 2.24. The van der Waals surface area contributed by atoms with E-state index in [0.29, 0.717) is 0 Å². The van der Waals surface area contributed by atoms with Crippen LogP contribution in [0.25, 0.3) is 12.2 Å². The van der Waals surface area contributed by atoms with Crippen molar-refractivity contribution in [3.05, 3.63) is 166 Å². The van der Waals surface area contributed by atoms with E-state index in [1.54, 1.807) is 0 Å². The van der Waals surface area contributed by atoms with Gasteiger partial charge in [0.05, 0.1) is 0 Å². The van der Waals surface area contributed by atoms with Crippen LogP contribution in [-0.2, 0) is 12.8 Å². The van der Waals surface area contributed by atoms with Gasteiger partial charge in [-0.1, -0.05) is 139 Å². The topological polar surface area (TPSA) is 0 Å². The van der Waals surface area contributed by atoms with Crippen molar-refractivity contribution in [2.24, 2.45) is 0 Å². The first-order valence-corrected chi connectivity index (χ1v) is 12.0. The van der Waals surface area contributed by atoms with Gasteiger partial charge in [0.25, 0.3) is 0 Å².